The standard InChI is InChI=1S/C23H20F3NO3S/c1-29-18-12-15-9-10-27(22(28)14-5-7-16(8-6-14)23(24,25)26)21(20-4-3-11-31-20)17(15)13-19(18)30-2/h3-8,11-13,21H,9-10H2,1-2H3/t21-/m0/s1. The molecule has 1 aromatic heterocycles. The van der Waals surface area contributed by atoms with Crippen LogP contribution in [0.3, 0.4) is 0 Å². The van der Waals surface area contributed by atoms with Crippen molar-refractivity contribution in [2.75, 3.05) is 20.8 Å². The lowest BCUT2D eigenvalue weighted by molar-refractivity contribution is -0.137. The predicted molar refractivity (Wildman–Crippen MR) is 112 cm³/mol. The maximum Gasteiger partial charge on any atom is 0.416 e. The number of rotatable bonds is 4. The molecule has 0 saturated heterocycles. The second kappa shape index (κ2) is 8.26. The van der Waals surface area contributed by atoms with Gasteiger partial charge in [-0.15, -0.1) is 11.3 Å². The van der Waals surface area contributed by atoms with Crippen LogP contribution in [0.4, 0.5) is 13.2 Å². The van der Waals surface area contributed by atoms with Gasteiger partial charge in [0.1, 0.15) is 0 Å². The van der Waals surface area contributed by atoms with Crippen LogP contribution in [0.1, 0.15) is 38.0 Å². The number of carbonyl (C=O) groups excluding carboxylic acids is 1. The Morgan fingerprint density at radius 2 is 1.74 bits per heavy atom. The summed E-state index contributed by atoms with van der Waals surface area (Å²) in [6.07, 6.45) is -3.84. The highest BCUT2D eigenvalue weighted by Gasteiger charge is 2.35. The topological polar surface area (TPSA) is 38.8 Å². The van der Waals surface area contributed by atoms with Crippen LogP contribution >= 0.6 is 11.3 Å². The second-order valence-electron chi connectivity index (χ2n) is 7.15. The van der Waals surface area contributed by atoms with Gasteiger partial charge in [0.25, 0.3) is 5.91 Å². The summed E-state index contributed by atoms with van der Waals surface area (Å²) in [5, 5.41) is 1.94. The van der Waals surface area contributed by atoms with Gasteiger partial charge in [-0.3, -0.25) is 4.79 Å². The molecule has 2 aromatic carbocycles. The number of hydrogen-bond donors (Lipinski definition) is 0. The molecule has 1 aliphatic heterocycles. The molecular weight excluding hydrogens is 427 g/mol. The number of thiophene rings is 1. The molecule has 0 fully saturated rings. The minimum atomic E-state index is -4.44. The lowest BCUT2D eigenvalue weighted by atomic mass is 9.90. The Hall–Kier alpha value is -3.00. The van der Waals surface area contributed by atoms with E-state index in [2.05, 4.69) is 0 Å². The Balaban J connectivity index is 1.75. The van der Waals surface area contributed by atoms with Gasteiger partial charge in [0, 0.05) is 17.0 Å². The van der Waals surface area contributed by atoms with Gasteiger partial charge in [-0.2, -0.15) is 13.2 Å². The van der Waals surface area contributed by atoms with Crippen LogP contribution < -0.4 is 9.47 Å². The van der Waals surface area contributed by atoms with E-state index in [9.17, 15) is 18.0 Å². The van der Waals surface area contributed by atoms with Crippen molar-refractivity contribution in [2.45, 2.75) is 18.6 Å². The summed E-state index contributed by atoms with van der Waals surface area (Å²) >= 11 is 1.52. The summed E-state index contributed by atoms with van der Waals surface area (Å²) in [5.41, 5.74) is 1.41. The number of amides is 1. The van der Waals surface area contributed by atoms with E-state index in [-0.39, 0.29) is 17.5 Å². The van der Waals surface area contributed by atoms with Gasteiger partial charge in [-0.1, -0.05) is 6.07 Å². The molecule has 0 radical (unpaired) electrons. The van der Waals surface area contributed by atoms with Crippen molar-refractivity contribution in [3.05, 3.63) is 81.0 Å². The monoisotopic (exact) mass is 447 g/mol. The molecule has 162 valence electrons. The van der Waals surface area contributed by atoms with E-state index in [0.717, 1.165) is 28.1 Å². The third-order valence-corrected chi connectivity index (χ3v) is 6.33. The van der Waals surface area contributed by atoms with Crippen LogP contribution in [-0.4, -0.2) is 31.6 Å². The summed E-state index contributed by atoms with van der Waals surface area (Å²) in [6.45, 7) is 0.435. The average molecular weight is 447 g/mol. The third-order valence-electron chi connectivity index (χ3n) is 5.41. The van der Waals surface area contributed by atoms with Gasteiger partial charge in [-0.05, 0) is 65.4 Å². The molecule has 2 heterocycles. The van der Waals surface area contributed by atoms with Crippen molar-refractivity contribution in [3.63, 3.8) is 0 Å². The molecule has 1 amide bonds. The van der Waals surface area contributed by atoms with E-state index in [1.165, 1.54) is 23.5 Å². The van der Waals surface area contributed by atoms with Crippen LogP contribution in [0.2, 0.25) is 0 Å². The highest BCUT2D eigenvalue weighted by atomic mass is 32.1. The van der Waals surface area contributed by atoms with Crippen molar-refractivity contribution in [1.29, 1.82) is 0 Å². The van der Waals surface area contributed by atoms with Crippen LogP contribution in [0, 0.1) is 0 Å². The zero-order chi connectivity index (χ0) is 22.2. The number of benzene rings is 2. The van der Waals surface area contributed by atoms with Crippen LogP contribution in [-0.2, 0) is 12.6 Å². The minimum absolute atomic E-state index is 0.221. The minimum Gasteiger partial charge on any atom is -0.493 e. The molecule has 0 spiro atoms. The van der Waals surface area contributed by atoms with E-state index in [4.69, 9.17) is 9.47 Å². The largest absolute Gasteiger partial charge is 0.493 e. The Bertz CT molecular complexity index is 1080. The summed E-state index contributed by atoms with van der Waals surface area (Å²) in [5.74, 6) is 0.868. The molecule has 1 aliphatic rings. The smallest absolute Gasteiger partial charge is 0.416 e. The molecule has 0 saturated carbocycles. The molecule has 31 heavy (non-hydrogen) atoms. The van der Waals surface area contributed by atoms with Crippen molar-refractivity contribution in [2.24, 2.45) is 0 Å². The van der Waals surface area contributed by atoms with E-state index < -0.39 is 11.7 Å². The molecule has 4 nitrogen and oxygen atoms in total. The van der Waals surface area contributed by atoms with Crippen LogP contribution in [0.25, 0.3) is 0 Å². The normalized spacial score (nSPS) is 16.0. The molecule has 1 atom stereocenters. The number of hydrogen-bond acceptors (Lipinski definition) is 4. The number of nitrogens with zero attached hydrogens (tertiary/aromatic N) is 1. The molecule has 3 aromatic rings. The zero-order valence-corrected chi connectivity index (χ0v) is 17.7. The first kappa shape index (κ1) is 21.2. The maximum atomic E-state index is 13.3. The number of carbonyl (C=O) groups is 1. The molecule has 8 heteroatoms. The molecule has 0 aliphatic carbocycles. The number of methoxy groups -OCH3 is 2. The Morgan fingerprint density at radius 1 is 1.06 bits per heavy atom. The predicted octanol–water partition coefficient (Wildman–Crippen LogP) is 5.57. The zero-order valence-electron chi connectivity index (χ0n) is 16.9. The van der Waals surface area contributed by atoms with Gasteiger partial charge in [-0.25, -0.2) is 0 Å². The SMILES string of the molecule is COc1cc2c(cc1OC)[C@@H](c1cccs1)N(C(=O)c1ccc(C(F)(F)F)cc1)CC2. The number of alkyl halides is 3. The Labute approximate surface area is 181 Å². The first-order valence-corrected chi connectivity index (χ1v) is 10.5. The Morgan fingerprint density at radius 3 is 2.32 bits per heavy atom. The fraction of sp³-hybridized carbons (Fsp3) is 0.261. The fourth-order valence-corrected chi connectivity index (χ4v) is 4.74. The summed E-state index contributed by atoms with van der Waals surface area (Å²) < 4.78 is 49.6. The van der Waals surface area contributed by atoms with Gasteiger partial charge in [0.05, 0.1) is 25.8 Å². The van der Waals surface area contributed by atoms with Gasteiger partial charge in [0.2, 0.25) is 0 Å². The van der Waals surface area contributed by atoms with E-state index in [1.54, 1.807) is 19.1 Å². The Kier molecular flexibility index (Phi) is 5.66. The lowest BCUT2D eigenvalue weighted by Crippen LogP contribution is -2.40. The number of ether oxygens (including phenoxy) is 2. The second-order valence-corrected chi connectivity index (χ2v) is 8.13. The molecule has 0 bridgehead atoms. The van der Waals surface area contributed by atoms with Crippen molar-refractivity contribution < 1.29 is 27.4 Å². The molecule has 4 rings (SSSR count). The van der Waals surface area contributed by atoms with E-state index in [0.29, 0.717) is 24.5 Å². The molecule has 0 unspecified atom stereocenters. The lowest BCUT2D eigenvalue weighted by Gasteiger charge is -2.37. The van der Waals surface area contributed by atoms with Crippen molar-refractivity contribution in [1.82, 2.24) is 4.90 Å². The van der Waals surface area contributed by atoms with Crippen LogP contribution in [0.15, 0.2) is 53.9 Å². The summed E-state index contributed by atoms with van der Waals surface area (Å²) in [6, 6.07) is 11.7. The van der Waals surface area contributed by atoms with Crippen molar-refractivity contribution >= 4 is 17.2 Å². The maximum absolute atomic E-state index is 13.3. The molecular formula is C23H20F3NO3S. The van der Waals surface area contributed by atoms with Gasteiger partial charge < -0.3 is 14.4 Å². The van der Waals surface area contributed by atoms with Gasteiger partial charge >= 0.3 is 6.18 Å². The highest BCUT2D eigenvalue weighted by molar-refractivity contribution is 7.10. The highest BCUT2D eigenvalue weighted by Crippen LogP contribution is 2.42. The van der Waals surface area contributed by atoms with E-state index >= 15 is 0 Å². The van der Waals surface area contributed by atoms with Gasteiger partial charge in [0.15, 0.2) is 11.5 Å². The van der Waals surface area contributed by atoms with Crippen LogP contribution in [0.5, 0.6) is 11.5 Å². The average Bonchev–Trinajstić information content (AvgIpc) is 3.30. The fourth-order valence-electron chi connectivity index (χ4n) is 3.89. The number of halogens is 3. The summed E-state index contributed by atoms with van der Waals surface area (Å²) in [7, 11) is 3.13. The molecule has 0 N–H and O–H groups in total. The quantitative estimate of drug-likeness (QED) is 0.525. The van der Waals surface area contributed by atoms with E-state index in [1.807, 2.05) is 29.6 Å². The first-order chi connectivity index (χ1) is 14.8. The first-order valence-electron chi connectivity index (χ1n) is 9.60. The number of fused-ring (bicyclic) bond motifs is 1. The third kappa shape index (κ3) is 3.99. The summed E-state index contributed by atoms with van der Waals surface area (Å²) in [4.78, 5) is 16.0. The van der Waals surface area contributed by atoms with Crippen molar-refractivity contribution in [3.8, 4) is 11.5 Å².